The topological polar surface area (TPSA) is 72.2 Å². The number of sulfone groups is 1. The standard InChI is InChI=1S/C16H21FN2O3S/c1-9(18-10(2)16-11(3)19-22-12(16)4)13-6-7-15(14(17)8-13)23(5,20)21/h6-10,18H,1-5H3/t9-,10-/m1/s1. The van der Waals surface area contributed by atoms with E-state index in [1.807, 2.05) is 27.7 Å². The van der Waals surface area contributed by atoms with Crippen LogP contribution in [0.4, 0.5) is 4.39 Å². The zero-order valence-corrected chi connectivity index (χ0v) is 14.7. The van der Waals surface area contributed by atoms with Crippen LogP contribution in [0.1, 0.15) is 48.5 Å². The summed E-state index contributed by atoms with van der Waals surface area (Å²) in [5, 5.41) is 7.28. The van der Waals surface area contributed by atoms with Gasteiger partial charge in [0.1, 0.15) is 16.5 Å². The molecular formula is C16H21FN2O3S. The van der Waals surface area contributed by atoms with Crippen LogP contribution in [0.3, 0.4) is 0 Å². The second-order valence-electron chi connectivity index (χ2n) is 5.81. The molecule has 0 bridgehead atoms. The summed E-state index contributed by atoms with van der Waals surface area (Å²) in [7, 11) is -3.56. The Morgan fingerprint density at radius 3 is 2.35 bits per heavy atom. The second kappa shape index (κ2) is 6.41. The highest BCUT2D eigenvalue weighted by molar-refractivity contribution is 7.90. The van der Waals surface area contributed by atoms with Crippen LogP contribution in [0.5, 0.6) is 0 Å². The van der Waals surface area contributed by atoms with Gasteiger partial charge in [0.2, 0.25) is 0 Å². The molecule has 0 saturated heterocycles. The number of hydrogen-bond donors (Lipinski definition) is 1. The summed E-state index contributed by atoms with van der Waals surface area (Å²) < 4.78 is 42.1. The van der Waals surface area contributed by atoms with Crippen molar-refractivity contribution in [2.45, 2.75) is 44.7 Å². The van der Waals surface area contributed by atoms with E-state index in [1.165, 1.54) is 12.1 Å². The van der Waals surface area contributed by atoms with Crippen LogP contribution in [-0.2, 0) is 9.84 Å². The van der Waals surface area contributed by atoms with Crippen molar-refractivity contribution in [1.82, 2.24) is 10.5 Å². The largest absolute Gasteiger partial charge is 0.361 e. The minimum Gasteiger partial charge on any atom is -0.361 e. The molecule has 5 nitrogen and oxygen atoms in total. The Morgan fingerprint density at radius 2 is 1.87 bits per heavy atom. The first-order chi connectivity index (χ1) is 10.6. The minimum absolute atomic E-state index is 0.0334. The first-order valence-corrected chi connectivity index (χ1v) is 9.18. The molecule has 2 rings (SSSR count). The molecular weight excluding hydrogens is 319 g/mol. The molecule has 0 amide bonds. The fourth-order valence-corrected chi connectivity index (χ4v) is 3.48. The molecule has 126 valence electrons. The summed E-state index contributed by atoms with van der Waals surface area (Å²) in [5.74, 6) is 0.0111. The molecule has 0 unspecified atom stereocenters. The van der Waals surface area contributed by atoms with Crippen LogP contribution < -0.4 is 5.32 Å². The van der Waals surface area contributed by atoms with E-state index in [1.54, 1.807) is 6.07 Å². The van der Waals surface area contributed by atoms with Gasteiger partial charge in [0.25, 0.3) is 0 Å². The summed E-state index contributed by atoms with van der Waals surface area (Å²) in [4.78, 5) is -0.285. The number of nitrogens with zero attached hydrogens (tertiary/aromatic N) is 1. The summed E-state index contributed by atoms with van der Waals surface area (Å²) >= 11 is 0. The van der Waals surface area contributed by atoms with E-state index in [4.69, 9.17) is 4.52 Å². The number of rotatable bonds is 5. The van der Waals surface area contributed by atoms with Crippen LogP contribution in [0, 0.1) is 19.7 Å². The van der Waals surface area contributed by atoms with Gasteiger partial charge in [0, 0.05) is 23.9 Å². The van der Waals surface area contributed by atoms with E-state index in [-0.39, 0.29) is 17.0 Å². The molecule has 1 aromatic carbocycles. The van der Waals surface area contributed by atoms with Crippen molar-refractivity contribution in [3.05, 3.63) is 46.6 Å². The predicted octanol–water partition coefficient (Wildman–Crippen LogP) is 3.25. The number of hydrogen-bond acceptors (Lipinski definition) is 5. The number of benzene rings is 1. The Morgan fingerprint density at radius 1 is 1.22 bits per heavy atom. The molecule has 0 aliphatic rings. The molecule has 1 N–H and O–H groups in total. The lowest BCUT2D eigenvalue weighted by atomic mass is 10.0. The Bertz CT molecular complexity index is 795. The van der Waals surface area contributed by atoms with E-state index in [2.05, 4.69) is 10.5 Å². The third-order valence-electron chi connectivity index (χ3n) is 3.88. The minimum atomic E-state index is -3.56. The third kappa shape index (κ3) is 3.79. The van der Waals surface area contributed by atoms with E-state index in [0.717, 1.165) is 23.3 Å². The summed E-state index contributed by atoms with van der Waals surface area (Å²) in [5.41, 5.74) is 2.46. The highest BCUT2D eigenvalue weighted by Crippen LogP contribution is 2.26. The van der Waals surface area contributed by atoms with Crippen molar-refractivity contribution < 1.29 is 17.3 Å². The molecule has 0 fully saturated rings. The summed E-state index contributed by atoms with van der Waals surface area (Å²) in [6, 6.07) is 3.99. The average molecular weight is 340 g/mol. The van der Waals surface area contributed by atoms with E-state index in [0.29, 0.717) is 5.56 Å². The molecule has 2 atom stereocenters. The number of aromatic nitrogens is 1. The zero-order valence-electron chi connectivity index (χ0n) is 13.8. The smallest absolute Gasteiger partial charge is 0.178 e. The van der Waals surface area contributed by atoms with Gasteiger partial charge in [-0.3, -0.25) is 0 Å². The molecule has 1 heterocycles. The van der Waals surface area contributed by atoms with Crippen molar-refractivity contribution >= 4 is 9.84 Å². The van der Waals surface area contributed by atoms with Gasteiger partial charge in [-0.2, -0.15) is 0 Å². The number of halogens is 1. The lowest BCUT2D eigenvalue weighted by Crippen LogP contribution is -2.23. The first kappa shape index (κ1) is 17.6. The van der Waals surface area contributed by atoms with Gasteiger partial charge < -0.3 is 9.84 Å². The Balaban J connectivity index is 2.21. The number of nitrogens with one attached hydrogen (secondary N) is 1. The van der Waals surface area contributed by atoms with Crippen molar-refractivity contribution in [3.8, 4) is 0 Å². The highest BCUT2D eigenvalue weighted by atomic mass is 32.2. The normalized spacial score (nSPS) is 14.7. The van der Waals surface area contributed by atoms with Gasteiger partial charge in [-0.05, 0) is 45.4 Å². The average Bonchev–Trinajstić information content (AvgIpc) is 2.76. The monoisotopic (exact) mass is 340 g/mol. The van der Waals surface area contributed by atoms with E-state index < -0.39 is 15.7 Å². The molecule has 7 heteroatoms. The van der Waals surface area contributed by atoms with Crippen molar-refractivity contribution in [2.24, 2.45) is 0 Å². The lowest BCUT2D eigenvalue weighted by molar-refractivity contribution is 0.389. The Labute approximate surface area is 135 Å². The molecule has 0 aliphatic heterocycles. The van der Waals surface area contributed by atoms with Gasteiger partial charge in [0.05, 0.1) is 5.69 Å². The third-order valence-corrected chi connectivity index (χ3v) is 5.01. The van der Waals surface area contributed by atoms with Gasteiger partial charge in [-0.15, -0.1) is 0 Å². The van der Waals surface area contributed by atoms with Crippen LogP contribution >= 0.6 is 0 Å². The fraction of sp³-hybridized carbons (Fsp3) is 0.438. The quantitative estimate of drug-likeness (QED) is 0.904. The summed E-state index contributed by atoms with van der Waals surface area (Å²) in [6.45, 7) is 7.59. The highest BCUT2D eigenvalue weighted by Gasteiger charge is 2.20. The zero-order chi connectivity index (χ0) is 17.4. The molecule has 0 aliphatic carbocycles. The van der Waals surface area contributed by atoms with Crippen LogP contribution in [0.2, 0.25) is 0 Å². The van der Waals surface area contributed by atoms with Gasteiger partial charge in [0.15, 0.2) is 9.84 Å². The fourth-order valence-electron chi connectivity index (χ4n) is 2.75. The van der Waals surface area contributed by atoms with Crippen LogP contribution in [0.15, 0.2) is 27.6 Å². The maximum Gasteiger partial charge on any atom is 0.178 e. The van der Waals surface area contributed by atoms with Gasteiger partial charge in [-0.1, -0.05) is 11.2 Å². The van der Waals surface area contributed by atoms with Crippen molar-refractivity contribution in [1.29, 1.82) is 0 Å². The molecule has 0 radical (unpaired) electrons. The number of aryl methyl sites for hydroxylation is 2. The maximum absolute atomic E-state index is 14.0. The molecule has 0 spiro atoms. The summed E-state index contributed by atoms with van der Waals surface area (Å²) in [6.07, 6.45) is 0.992. The predicted molar refractivity (Wildman–Crippen MR) is 85.5 cm³/mol. The second-order valence-corrected chi connectivity index (χ2v) is 7.79. The molecule has 23 heavy (non-hydrogen) atoms. The molecule has 2 aromatic rings. The lowest BCUT2D eigenvalue weighted by Gasteiger charge is -2.21. The van der Waals surface area contributed by atoms with E-state index in [9.17, 15) is 12.8 Å². The van der Waals surface area contributed by atoms with Crippen molar-refractivity contribution in [3.63, 3.8) is 0 Å². The van der Waals surface area contributed by atoms with Crippen molar-refractivity contribution in [2.75, 3.05) is 6.26 Å². The Kier molecular flexibility index (Phi) is 4.91. The van der Waals surface area contributed by atoms with E-state index >= 15 is 0 Å². The van der Waals surface area contributed by atoms with Crippen LogP contribution in [-0.4, -0.2) is 19.8 Å². The Hall–Kier alpha value is -1.73. The maximum atomic E-state index is 14.0. The molecule has 0 saturated carbocycles. The van der Waals surface area contributed by atoms with Gasteiger partial charge in [-0.25, -0.2) is 12.8 Å². The SMILES string of the molecule is Cc1noc(C)c1[C@@H](C)N[C@H](C)c1ccc(S(C)(=O)=O)c(F)c1. The van der Waals surface area contributed by atoms with Gasteiger partial charge >= 0.3 is 0 Å². The van der Waals surface area contributed by atoms with Crippen LogP contribution in [0.25, 0.3) is 0 Å². The molecule has 1 aromatic heterocycles. The first-order valence-electron chi connectivity index (χ1n) is 7.29.